The monoisotopic (exact) mass is 380 g/mol. The molecule has 2 aliphatic rings. The molecule has 2 aliphatic heterocycles. The van der Waals surface area contributed by atoms with E-state index in [9.17, 15) is 9.59 Å². The van der Waals surface area contributed by atoms with Crippen LogP contribution in [-0.4, -0.2) is 93.9 Å². The largest absolute Gasteiger partial charge is 0.468 e. The molecular weight excluding hydrogens is 352 g/mol. The van der Waals surface area contributed by atoms with Crippen LogP contribution in [0.3, 0.4) is 0 Å². The zero-order valence-electron chi connectivity index (χ0n) is 15.5. The van der Waals surface area contributed by atoms with Crippen molar-refractivity contribution < 1.29 is 23.5 Å². The van der Waals surface area contributed by atoms with Crippen molar-refractivity contribution in [2.45, 2.75) is 6.04 Å². The smallest absolute Gasteiger partial charge is 0.309 e. The van der Waals surface area contributed by atoms with Gasteiger partial charge in [0.15, 0.2) is 0 Å². The summed E-state index contributed by atoms with van der Waals surface area (Å²) < 4.78 is 16.2. The lowest BCUT2D eigenvalue weighted by Gasteiger charge is -2.33. The Morgan fingerprint density at radius 1 is 1.00 bits per heavy atom. The van der Waals surface area contributed by atoms with Crippen molar-refractivity contribution in [2.75, 3.05) is 72.2 Å². The number of hydrogen-bond acceptors (Lipinski definition) is 7. The summed E-state index contributed by atoms with van der Waals surface area (Å²) in [5.74, 6) is -0.463. The lowest BCUT2D eigenvalue weighted by Crippen LogP contribution is -2.48. The Hall–Kier alpha value is -1.94. The quantitative estimate of drug-likeness (QED) is 0.599. The van der Waals surface area contributed by atoms with Gasteiger partial charge in [-0.1, -0.05) is 0 Å². The third kappa shape index (κ3) is 6.03. The van der Waals surface area contributed by atoms with E-state index in [4.69, 9.17) is 13.9 Å². The van der Waals surface area contributed by atoms with Crippen LogP contribution in [0.2, 0.25) is 0 Å². The third-order valence-corrected chi connectivity index (χ3v) is 4.84. The number of nitrogens with zero attached hydrogens (tertiary/aromatic N) is 2. The predicted octanol–water partition coefficient (Wildman–Crippen LogP) is -0.782. The Balaban J connectivity index is 1.43. The van der Waals surface area contributed by atoms with Crippen molar-refractivity contribution in [2.24, 2.45) is 0 Å². The SMILES string of the molecule is O=C(NCCN1CCOCC1)C(=O)NC[C@@H](c1ccco1)N1CCOCC1. The highest BCUT2D eigenvalue weighted by atomic mass is 16.5. The molecule has 9 heteroatoms. The number of nitrogens with one attached hydrogen (secondary N) is 2. The molecule has 2 saturated heterocycles. The molecular formula is C18H28N4O5. The number of furan rings is 1. The van der Waals surface area contributed by atoms with Crippen LogP contribution in [0.1, 0.15) is 11.8 Å². The molecule has 3 heterocycles. The fourth-order valence-corrected chi connectivity index (χ4v) is 3.28. The first kappa shape index (κ1) is 19.8. The van der Waals surface area contributed by atoms with Gasteiger partial charge in [0.25, 0.3) is 0 Å². The average molecular weight is 380 g/mol. The summed E-state index contributed by atoms with van der Waals surface area (Å²) in [5.41, 5.74) is 0. The van der Waals surface area contributed by atoms with E-state index in [2.05, 4.69) is 20.4 Å². The molecule has 9 nitrogen and oxygen atoms in total. The minimum Gasteiger partial charge on any atom is -0.468 e. The van der Waals surface area contributed by atoms with Crippen LogP contribution in [0.4, 0.5) is 0 Å². The summed E-state index contributed by atoms with van der Waals surface area (Å²) in [6, 6.07) is 3.59. The highest BCUT2D eigenvalue weighted by Crippen LogP contribution is 2.21. The van der Waals surface area contributed by atoms with Gasteiger partial charge < -0.3 is 24.5 Å². The average Bonchev–Trinajstić information content (AvgIpc) is 3.24. The van der Waals surface area contributed by atoms with E-state index in [1.807, 2.05) is 12.1 Å². The number of hydrogen-bond donors (Lipinski definition) is 2. The first-order chi connectivity index (χ1) is 13.2. The van der Waals surface area contributed by atoms with Crippen LogP contribution in [0.25, 0.3) is 0 Å². The molecule has 2 amide bonds. The van der Waals surface area contributed by atoms with E-state index >= 15 is 0 Å². The van der Waals surface area contributed by atoms with Crippen LogP contribution in [-0.2, 0) is 19.1 Å². The molecule has 0 spiro atoms. The van der Waals surface area contributed by atoms with Gasteiger partial charge in [0.05, 0.1) is 38.7 Å². The summed E-state index contributed by atoms with van der Waals surface area (Å²) in [6.45, 7) is 7.40. The molecule has 0 aliphatic carbocycles. The van der Waals surface area contributed by atoms with Crippen molar-refractivity contribution >= 4 is 11.8 Å². The number of ether oxygens (including phenoxy) is 2. The number of carbonyl (C=O) groups excluding carboxylic acids is 2. The maximum Gasteiger partial charge on any atom is 0.309 e. The fraction of sp³-hybridized carbons (Fsp3) is 0.667. The first-order valence-electron chi connectivity index (χ1n) is 9.45. The van der Waals surface area contributed by atoms with Crippen LogP contribution >= 0.6 is 0 Å². The number of carbonyl (C=O) groups is 2. The van der Waals surface area contributed by atoms with Crippen LogP contribution in [0.5, 0.6) is 0 Å². The highest BCUT2D eigenvalue weighted by Gasteiger charge is 2.26. The van der Waals surface area contributed by atoms with Crippen LogP contribution in [0.15, 0.2) is 22.8 Å². The third-order valence-electron chi connectivity index (χ3n) is 4.84. The molecule has 1 atom stereocenters. The minimum absolute atomic E-state index is 0.117. The highest BCUT2D eigenvalue weighted by molar-refractivity contribution is 6.35. The molecule has 0 unspecified atom stereocenters. The lowest BCUT2D eigenvalue weighted by molar-refractivity contribution is -0.139. The van der Waals surface area contributed by atoms with Crippen molar-refractivity contribution in [3.05, 3.63) is 24.2 Å². The van der Waals surface area contributed by atoms with Gasteiger partial charge in [-0.25, -0.2) is 0 Å². The Morgan fingerprint density at radius 2 is 1.67 bits per heavy atom. The van der Waals surface area contributed by atoms with E-state index in [1.165, 1.54) is 0 Å². The Bertz CT molecular complexity index is 583. The van der Waals surface area contributed by atoms with Crippen LogP contribution in [0, 0.1) is 0 Å². The molecule has 2 fully saturated rings. The van der Waals surface area contributed by atoms with Gasteiger partial charge in [0.2, 0.25) is 0 Å². The van der Waals surface area contributed by atoms with E-state index in [1.54, 1.807) is 6.26 Å². The van der Waals surface area contributed by atoms with Crippen LogP contribution < -0.4 is 10.6 Å². The Kier molecular flexibility index (Phi) is 7.64. The number of rotatable bonds is 7. The molecule has 3 rings (SSSR count). The summed E-state index contributed by atoms with van der Waals surface area (Å²) in [7, 11) is 0. The van der Waals surface area contributed by atoms with Gasteiger partial charge in [-0.05, 0) is 12.1 Å². The molecule has 0 radical (unpaired) electrons. The number of amides is 2. The zero-order valence-corrected chi connectivity index (χ0v) is 15.5. The maximum absolute atomic E-state index is 12.2. The van der Waals surface area contributed by atoms with Crippen molar-refractivity contribution in [1.29, 1.82) is 0 Å². The second kappa shape index (κ2) is 10.4. The van der Waals surface area contributed by atoms with Crippen molar-refractivity contribution in [3.63, 3.8) is 0 Å². The topological polar surface area (TPSA) is 96.3 Å². The van der Waals surface area contributed by atoms with E-state index in [-0.39, 0.29) is 6.04 Å². The normalized spacial score (nSPS) is 20.1. The molecule has 150 valence electrons. The standard InChI is InChI=1S/C18H28N4O5/c23-17(19-3-4-21-5-10-25-11-6-21)18(24)20-14-15(16-2-1-9-27-16)22-7-12-26-13-8-22/h1-2,9,15H,3-8,10-14H2,(H,19,23)(H,20,24)/t15-/m0/s1. The van der Waals surface area contributed by atoms with E-state index in [0.29, 0.717) is 46.1 Å². The molecule has 0 saturated carbocycles. The van der Waals surface area contributed by atoms with Crippen molar-refractivity contribution in [1.82, 2.24) is 20.4 Å². The zero-order chi connectivity index (χ0) is 18.9. The second-order valence-electron chi connectivity index (χ2n) is 6.60. The van der Waals surface area contributed by atoms with Gasteiger partial charge in [-0.15, -0.1) is 0 Å². The molecule has 27 heavy (non-hydrogen) atoms. The minimum atomic E-state index is -0.623. The second-order valence-corrected chi connectivity index (χ2v) is 6.60. The molecule has 0 aromatic carbocycles. The summed E-state index contributed by atoms with van der Waals surface area (Å²) in [6.07, 6.45) is 1.61. The Labute approximate surface area is 158 Å². The molecule has 2 N–H and O–H groups in total. The lowest BCUT2D eigenvalue weighted by atomic mass is 10.1. The first-order valence-corrected chi connectivity index (χ1v) is 9.45. The van der Waals surface area contributed by atoms with Gasteiger partial charge in [0, 0.05) is 45.8 Å². The van der Waals surface area contributed by atoms with Gasteiger partial charge in [-0.3, -0.25) is 19.4 Å². The summed E-state index contributed by atoms with van der Waals surface area (Å²) in [4.78, 5) is 28.6. The summed E-state index contributed by atoms with van der Waals surface area (Å²) in [5, 5.41) is 5.41. The molecule has 0 bridgehead atoms. The molecule has 1 aromatic heterocycles. The predicted molar refractivity (Wildman–Crippen MR) is 97.1 cm³/mol. The van der Waals surface area contributed by atoms with E-state index in [0.717, 1.165) is 31.9 Å². The molecule has 1 aromatic rings. The van der Waals surface area contributed by atoms with Crippen molar-refractivity contribution in [3.8, 4) is 0 Å². The van der Waals surface area contributed by atoms with Gasteiger partial charge >= 0.3 is 11.8 Å². The Morgan fingerprint density at radius 3 is 2.33 bits per heavy atom. The maximum atomic E-state index is 12.2. The fourth-order valence-electron chi connectivity index (χ4n) is 3.28. The summed E-state index contributed by atoms with van der Waals surface area (Å²) >= 11 is 0. The van der Waals surface area contributed by atoms with Gasteiger partial charge in [-0.2, -0.15) is 0 Å². The van der Waals surface area contributed by atoms with Gasteiger partial charge in [0.1, 0.15) is 5.76 Å². The van der Waals surface area contributed by atoms with E-state index < -0.39 is 11.8 Å². The number of morpholine rings is 2.